The van der Waals surface area contributed by atoms with Gasteiger partial charge in [0.1, 0.15) is 18.1 Å². The van der Waals surface area contributed by atoms with E-state index in [9.17, 15) is 9.59 Å². The van der Waals surface area contributed by atoms with Crippen molar-refractivity contribution in [2.45, 2.75) is 46.1 Å². The van der Waals surface area contributed by atoms with Gasteiger partial charge in [-0.05, 0) is 80.6 Å². The summed E-state index contributed by atoms with van der Waals surface area (Å²) in [4.78, 5) is 28.4. The van der Waals surface area contributed by atoms with Gasteiger partial charge in [-0.3, -0.25) is 9.59 Å². The number of ether oxygens (including phenoxy) is 3. The Labute approximate surface area is 232 Å². The molecule has 0 radical (unpaired) electrons. The molecular formula is C32H40N2O5. The number of anilines is 2. The first-order valence-electron chi connectivity index (χ1n) is 13.5. The molecule has 0 saturated carbocycles. The van der Waals surface area contributed by atoms with Gasteiger partial charge in [-0.2, -0.15) is 0 Å². The van der Waals surface area contributed by atoms with E-state index >= 15 is 0 Å². The SMILES string of the molecule is CCOC(=O)CCCCCOc1ccccc1N(C)C(=O)c1ccc(COc2ccc(C)cc2N(C)C)cc1. The fourth-order valence-electron chi connectivity index (χ4n) is 4.13. The molecule has 0 atom stereocenters. The highest BCUT2D eigenvalue weighted by atomic mass is 16.5. The number of hydrogen-bond acceptors (Lipinski definition) is 6. The van der Waals surface area contributed by atoms with Gasteiger partial charge in [0.2, 0.25) is 0 Å². The first-order valence-corrected chi connectivity index (χ1v) is 13.5. The Morgan fingerprint density at radius 2 is 1.51 bits per heavy atom. The van der Waals surface area contributed by atoms with Crippen LogP contribution in [0.25, 0.3) is 0 Å². The first-order chi connectivity index (χ1) is 18.8. The smallest absolute Gasteiger partial charge is 0.305 e. The van der Waals surface area contributed by atoms with E-state index in [-0.39, 0.29) is 11.9 Å². The zero-order valence-electron chi connectivity index (χ0n) is 23.7. The van der Waals surface area contributed by atoms with E-state index in [1.54, 1.807) is 11.9 Å². The molecule has 0 heterocycles. The molecule has 3 aromatic carbocycles. The summed E-state index contributed by atoms with van der Waals surface area (Å²) in [6, 6.07) is 21.1. The predicted octanol–water partition coefficient (Wildman–Crippen LogP) is 6.42. The zero-order chi connectivity index (χ0) is 28.2. The second-order valence-corrected chi connectivity index (χ2v) is 9.65. The molecule has 1 amide bonds. The van der Waals surface area contributed by atoms with Crippen LogP contribution in [0.15, 0.2) is 66.7 Å². The average molecular weight is 533 g/mol. The summed E-state index contributed by atoms with van der Waals surface area (Å²) < 4.78 is 17.0. The lowest BCUT2D eigenvalue weighted by Crippen LogP contribution is -2.26. The topological polar surface area (TPSA) is 68.3 Å². The predicted molar refractivity (Wildman–Crippen MR) is 156 cm³/mol. The van der Waals surface area contributed by atoms with Crippen molar-refractivity contribution in [1.82, 2.24) is 0 Å². The molecule has 0 aliphatic carbocycles. The molecule has 0 aliphatic heterocycles. The third kappa shape index (κ3) is 8.77. The number of carbonyl (C=O) groups excluding carboxylic acids is 2. The highest BCUT2D eigenvalue weighted by molar-refractivity contribution is 6.06. The van der Waals surface area contributed by atoms with Crippen LogP contribution in [0.4, 0.5) is 11.4 Å². The lowest BCUT2D eigenvalue weighted by Gasteiger charge is -2.21. The highest BCUT2D eigenvalue weighted by Crippen LogP contribution is 2.30. The second-order valence-electron chi connectivity index (χ2n) is 9.65. The monoisotopic (exact) mass is 532 g/mol. The van der Waals surface area contributed by atoms with Gasteiger partial charge in [-0.25, -0.2) is 0 Å². The number of amides is 1. The maximum absolute atomic E-state index is 13.3. The Balaban J connectivity index is 1.55. The lowest BCUT2D eigenvalue weighted by atomic mass is 10.1. The molecule has 7 heteroatoms. The fraction of sp³-hybridized carbons (Fsp3) is 0.375. The molecule has 0 spiro atoms. The van der Waals surface area contributed by atoms with Crippen molar-refractivity contribution >= 4 is 23.3 Å². The number of rotatable bonds is 14. The summed E-state index contributed by atoms with van der Waals surface area (Å²) in [5.74, 6) is 1.19. The number of hydrogen-bond donors (Lipinski definition) is 0. The van der Waals surface area contributed by atoms with Crippen molar-refractivity contribution in [2.24, 2.45) is 0 Å². The van der Waals surface area contributed by atoms with Crippen LogP contribution in [-0.2, 0) is 16.1 Å². The van der Waals surface area contributed by atoms with E-state index in [0.717, 1.165) is 36.3 Å². The Kier molecular flexibility index (Phi) is 11.2. The molecule has 3 aromatic rings. The standard InChI is InChI=1S/C32H40N2O5/c1-6-37-31(35)14-8-7-11-21-38-29-13-10-9-12-27(29)34(5)32(36)26-18-16-25(17-19-26)23-39-30-20-15-24(2)22-28(30)33(3)4/h9-10,12-13,15-20,22H,6-8,11,14,21,23H2,1-5H3. The minimum Gasteiger partial charge on any atom is -0.491 e. The van der Waals surface area contributed by atoms with Crippen LogP contribution in [0.1, 0.15) is 54.1 Å². The molecule has 39 heavy (non-hydrogen) atoms. The molecule has 7 nitrogen and oxygen atoms in total. The summed E-state index contributed by atoms with van der Waals surface area (Å²) in [6.07, 6.45) is 2.88. The third-order valence-corrected chi connectivity index (χ3v) is 6.31. The van der Waals surface area contributed by atoms with Crippen LogP contribution in [0.3, 0.4) is 0 Å². The van der Waals surface area contributed by atoms with E-state index in [0.29, 0.717) is 43.2 Å². The van der Waals surface area contributed by atoms with E-state index in [2.05, 4.69) is 13.0 Å². The number of nitrogens with zero attached hydrogens (tertiary/aromatic N) is 2. The van der Waals surface area contributed by atoms with E-state index < -0.39 is 0 Å². The summed E-state index contributed by atoms with van der Waals surface area (Å²) in [7, 11) is 5.74. The van der Waals surface area contributed by atoms with Gasteiger partial charge < -0.3 is 24.0 Å². The molecule has 208 valence electrons. The molecule has 0 saturated heterocycles. The van der Waals surface area contributed by atoms with E-state index in [4.69, 9.17) is 14.2 Å². The summed E-state index contributed by atoms with van der Waals surface area (Å²) in [5.41, 5.74) is 4.47. The van der Waals surface area contributed by atoms with E-state index in [1.165, 1.54) is 5.56 Å². The highest BCUT2D eigenvalue weighted by Gasteiger charge is 2.17. The molecule has 0 bridgehead atoms. The minimum atomic E-state index is -0.158. The van der Waals surface area contributed by atoms with Crippen LogP contribution < -0.4 is 19.3 Å². The van der Waals surface area contributed by atoms with Crippen molar-refractivity contribution in [3.63, 3.8) is 0 Å². The van der Waals surface area contributed by atoms with Crippen molar-refractivity contribution in [2.75, 3.05) is 44.2 Å². The average Bonchev–Trinajstić information content (AvgIpc) is 2.94. The number of carbonyl (C=O) groups is 2. The molecule has 3 rings (SSSR count). The van der Waals surface area contributed by atoms with Gasteiger partial charge in [0.25, 0.3) is 5.91 Å². The maximum Gasteiger partial charge on any atom is 0.305 e. The van der Waals surface area contributed by atoms with Gasteiger partial charge in [0, 0.05) is 33.1 Å². The van der Waals surface area contributed by atoms with Crippen LogP contribution in [0, 0.1) is 6.92 Å². The Bertz CT molecular complexity index is 1220. The van der Waals surface area contributed by atoms with Crippen molar-refractivity contribution in [1.29, 1.82) is 0 Å². The first kappa shape index (κ1) is 29.6. The van der Waals surface area contributed by atoms with Crippen molar-refractivity contribution in [3.05, 3.63) is 83.4 Å². The van der Waals surface area contributed by atoms with Crippen molar-refractivity contribution < 1.29 is 23.8 Å². The Morgan fingerprint density at radius 3 is 2.23 bits per heavy atom. The quantitative estimate of drug-likeness (QED) is 0.176. The Hall–Kier alpha value is -4.00. The molecule has 0 unspecified atom stereocenters. The van der Waals surface area contributed by atoms with Gasteiger partial charge in [-0.1, -0.05) is 30.3 Å². The van der Waals surface area contributed by atoms with Gasteiger partial charge in [0.05, 0.1) is 24.6 Å². The molecular weight excluding hydrogens is 492 g/mol. The normalized spacial score (nSPS) is 10.6. The van der Waals surface area contributed by atoms with Crippen LogP contribution in [0.2, 0.25) is 0 Å². The second kappa shape index (κ2) is 14.8. The van der Waals surface area contributed by atoms with Crippen LogP contribution >= 0.6 is 0 Å². The number of para-hydroxylation sites is 2. The lowest BCUT2D eigenvalue weighted by molar-refractivity contribution is -0.143. The number of aryl methyl sites for hydroxylation is 1. The summed E-state index contributed by atoms with van der Waals surface area (Å²) >= 11 is 0. The number of unbranched alkanes of at least 4 members (excludes halogenated alkanes) is 2. The summed E-state index contributed by atoms with van der Waals surface area (Å²) in [5, 5.41) is 0. The zero-order valence-corrected chi connectivity index (χ0v) is 23.7. The Morgan fingerprint density at radius 1 is 0.795 bits per heavy atom. The maximum atomic E-state index is 13.3. The molecule has 0 N–H and O–H groups in total. The van der Waals surface area contributed by atoms with Gasteiger partial charge in [0.15, 0.2) is 0 Å². The third-order valence-electron chi connectivity index (χ3n) is 6.31. The molecule has 0 aromatic heterocycles. The van der Waals surface area contributed by atoms with Gasteiger partial charge in [-0.15, -0.1) is 0 Å². The van der Waals surface area contributed by atoms with E-state index in [1.807, 2.05) is 86.6 Å². The largest absolute Gasteiger partial charge is 0.491 e. The molecule has 0 aliphatic rings. The van der Waals surface area contributed by atoms with Gasteiger partial charge >= 0.3 is 5.97 Å². The fourth-order valence-corrected chi connectivity index (χ4v) is 4.13. The number of esters is 1. The molecule has 0 fully saturated rings. The van der Waals surface area contributed by atoms with Crippen LogP contribution in [0.5, 0.6) is 11.5 Å². The minimum absolute atomic E-state index is 0.124. The van der Waals surface area contributed by atoms with Crippen LogP contribution in [-0.4, -0.2) is 46.2 Å². The number of benzene rings is 3. The summed E-state index contributed by atoms with van der Waals surface area (Å²) in [6.45, 7) is 5.20. The van der Waals surface area contributed by atoms with Crippen molar-refractivity contribution in [3.8, 4) is 11.5 Å².